The van der Waals surface area contributed by atoms with Gasteiger partial charge in [-0.15, -0.1) is 0 Å². The summed E-state index contributed by atoms with van der Waals surface area (Å²) < 4.78 is 7.66. The maximum absolute atomic E-state index is 13.0. The van der Waals surface area contributed by atoms with E-state index >= 15 is 0 Å². The van der Waals surface area contributed by atoms with Crippen molar-refractivity contribution in [2.24, 2.45) is 0 Å². The Balaban J connectivity index is 1.85. The number of aliphatic hydroxyl groups is 1. The molecule has 3 atom stereocenters. The Bertz CT molecular complexity index is 586. The minimum absolute atomic E-state index is 0.0166. The third kappa shape index (κ3) is 2.78. The van der Waals surface area contributed by atoms with Crippen LogP contribution >= 0.6 is 0 Å². The van der Waals surface area contributed by atoms with E-state index in [2.05, 4.69) is 12.0 Å². The summed E-state index contributed by atoms with van der Waals surface area (Å²) in [6.07, 6.45) is 5.50. The predicted molar refractivity (Wildman–Crippen MR) is 86.3 cm³/mol. The first-order valence-corrected chi connectivity index (χ1v) is 8.59. The molecule has 6 heteroatoms. The molecule has 0 aromatic carbocycles. The SMILES string of the molecule is CCCn1cc(C(=O)N2CC[C@]3(OC)CCC(O)CC23)c(C)n1. The molecule has 1 aromatic rings. The number of carbonyl (C=O) groups is 1. The van der Waals surface area contributed by atoms with Gasteiger partial charge in [0.2, 0.25) is 0 Å². The number of amides is 1. The van der Waals surface area contributed by atoms with Crippen molar-refractivity contribution in [1.82, 2.24) is 14.7 Å². The van der Waals surface area contributed by atoms with Gasteiger partial charge in [0, 0.05) is 26.4 Å². The number of carbonyl (C=O) groups excluding carboxylic acids is 1. The molecule has 1 aliphatic carbocycles. The first kappa shape index (κ1) is 16.5. The second-order valence-electron chi connectivity index (χ2n) is 6.85. The molecule has 2 fully saturated rings. The van der Waals surface area contributed by atoms with Gasteiger partial charge in [0.15, 0.2) is 0 Å². The van der Waals surface area contributed by atoms with E-state index in [0.717, 1.165) is 37.9 Å². The summed E-state index contributed by atoms with van der Waals surface area (Å²) in [6, 6.07) is -0.0438. The van der Waals surface area contributed by atoms with Gasteiger partial charge < -0.3 is 14.7 Å². The number of aryl methyl sites for hydroxylation is 2. The Kier molecular flexibility index (Phi) is 4.47. The number of hydrogen-bond acceptors (Lipinski definition) is 4. The average Bonchev–Trinajstić information content (AvgIpc) is 3.08. The number of likely N-dealkylation sites (tertiary alicyclic amines) is 1. The smallest absolute Gasteiger partial charge is 0.257 e. The highest BCUT2D eigenvalue weighted by atomic mass is 16.5. The van der Waals surface area contributed by atoms with E-state index in [1.165, 1.54) is 0 Å². The van der Waals surface area contributed by atoms with Crippen molar-refractivity contribution in [3.8, 4) is 0 Å². The van der Waals surface area contributed by atoms with Crippen LogP contribution in [0.1, 0.15) is 55.1 Å². The van der Waals surface area contributed by atoms with Crippen LogP contribution in [0.25, 0.3) is 0 Å². The molecule has 1 saturated heterocycles. The van der Waals surface area contributed by atoms with Crippen LogP contribution in [-0.2, 0) is 11.3 Å². The molecule has 1 aromatic heterocycles. The van der Waals surface area contributed by atoms with Crippen LogP contribution in [0.2, 0.25) is 0 Å². The molecule has 0 bridgehead atoms. The van der Waals surface area contributed by atoms with E-state index in [0.29, 0.717) is 18.5 Å². The number of fused-ring (bicyclic) bond motifs is 1. The standard InChI is InChI=1S/C17H27N3O3/c1-4-8-19-11-14(12(2)18-19)16(22)20-9-7-17(23-3)6-5-13(21)10-15(17)20/h11,13,15,21H,4-10H2,1-3H3/t13?,15?,17-/m1/s1. The Hall–Kier alpha value is -1.40. The Morgan fingerprint density at radius 1 is 1.52 bits per heavy atom. The number of hydrogen-bond donors (Lipinski definition) is 1. The Morgan fingerprint density at radius 3 is 3.00 bits per heavy atom. The molecule has 2 unspecified atom stereocenters. The maximum atomic E-state index is 13.0. The van der Waals surface area contributed by atoms with Crippen LogP contribution in [0.15, 0.2) is 6.20 Å². The lowest BCUT2D eigenvalue weighted by atomic mass is 9.79. The van der Waals surface area contributed by atoms with Crippen molar-refractivity contribution in [3.05, 3.63) is 17.5 Å². The first-order chi connectivity index (χ1) is 11.0. The highest BCUT2D eigenvalue weighted by Gasteiger charge is 2.52. The lowest BCUT2D eigenvalue weighted by Crippen LogP contribution is -2.52. The number of rotatable bonds is 4. The van der Waals surface area contributed by atoms with Crippen molar-refractivity contribution in [2.75, 3.05) is 13.7 Å². The zero-order chi connectivity index (χ0) is 16.6. The van der Waals surface area contributed by atoms with Gasteiger partial charge in [-0.25, -0.2) is 0 Å². The number of aromatic nitrogens is 2. The molecule has 2 aliphatic rings. The summed E-state index contributed by atoms with van der Waals surface area (Å²) in [5.41, 5.74) is 1.16. The van der Waals surface area contributed by atoms with Crippen molar-refractivity contribution in [3.63, 3.8) is 0 Å². The summed E-state index contributed by atoms with van der Waals surface area (Å²) in [4.78, 5) is 14.9. The molecular formula is C17H27N3O3. The molecule has 1 N–H and O–H groups in total. The van der Waals surface area contributed by atoms with E-state index in [1.807, 2.05) is 22.7 Å². The third-order valence-corrected chi connectivity index (χ3v) is 5.45. The van der Waals surface area contributed by atoms with Gasteiger partial charge in [0.05, 0.1) is 29.0 Å². The zero-order valence-corrected chi connectivity index (χ0v) is 14.3. The number of ether oxygens (including phenoxy) is 1. The minimum atomic E-state index is -0.347. The van der Waals surface area contributed by atoms with Crippen molar-refractivity contribution in [2.45, 2.75) is 70.2 Å². The molecule has 3 rings (SSSR count). The molecule has 0 radical (unpaired) electrons. The molecule has 2 heterocycles. The topological polar surface area (TPSA) is 67.6 Å². The Morgan fingerprint density at radius 2 is 2.30 bits per heavy atom. The van der Waals surface area contributed by atoms with Crippen LogP contribution in [0.5, 0.6) is 0 Å². The van der Waals surface area contributed by atoms with E-state index in [9.17, 15) is 9.90 Å². The number of nitrogens with zero attached hydrogens (tertiary/aromatic N) is 3. The minimum Gasteiger partial charge on any atom is -0.393 e. The van der Waals surface area contributed by atoms with Gasteiger partial charge in [-0.2, -0.15) is 5.10 Å². The summed E-state index contributed by atoms with van der Waals surface area (Å²) in [6.45, 7) is 5.48. The van der Waals surface area contributed by atoms with Gasteiger partial charge in [-0.05, 0) is 39.0 Å². The van der Waals surface area contributed by atoms with E-state index in [-0.39, 0.29) is 23.7 Å². The largest absolute Gasteiger partial charge is 0.393 e. The molecule has 1 aliphatic heterocycles. The molecular weight excluding hydrogens is 294 g/mol. The van der Waals surface area contributed by atoms with E-state index in [4.69, 9.17) is 4.74 Å². The summed E-state index contributed by atoms with van der Waals surface area (Å²) in [5.74, 6) is 0.0166. The summed E-state index contributed by atoms with van der Waals surface area (Å²) in [5, 5.41) is 14.5. The third-order valence-electron chi connectivity index (χ3n) is 5.45. The second-order valence-corrected chi connectivity index (χ2v) is 6.85. The van der Waals surface area contributed by atoms with Crippen molar-refractivity contribution < 1.29 is 14.6 Å². The fourth-order valence-corrected chi connectivity index (χ4v) is 4.15. The second kappa shape index (κ2) is 6.24. The number of methoxy groups -OCH3 is 1. The highest BCUT2D eigenvalue weighted by Crippen LogP contribution is 2.43. The van der Waals surface area contributed by atoms with Crippen LogP contribution in [-0.4, -0.2) is 57.1 Å². The molecule has 1 saturated carbocycles. The predicted octanol–water partition coefficient (Wildman–Crippen LogP) is 1.75. The van der Waals surface area contributed by atoms with Gasteiger partial charge >= 0.3 is 0 Å². The van der Waals surface area contributed by atoms with Gasteiger partial charge in [-0.3, -0.25) is 9.48 Å². The monoisotopic (exact) mass is 321 g/mol. The fourth-order valence-electron chi connectivity index (χ4n) is 4.15. The molecule has 23 heavy (non-hydrogen) atoms. The highest BCUT2D eigenvalue weighted by molar-refractivity contribution is 5.95. The lowest BCUT2D eigenvalue weighted by Gasteiger charge is -2.42. The van der Waals surface area contributed by atoms with E-state index in [1.54, 1.807) is 7.11 Å². The zero-order valence-electron chi connectivity index (χ0n) is 14.3. The number of aliphatic hydroxyl groups excluding tert-OH is 1. The summed E-state index contributed by atoms with van der Waals surface area (Å²) >= 11 is 0. The van der Waals surface area contributed by atoms with E-state index < -0.39 is 0 Å². The van der Waals surface area contributed by atoms with Crippen molar-refractivity contribution >= 4 is 5.91 Å². The van der Waals surface area contributed by atoms with Gasteiger partial charge in [0.1, 0.15) is 0 Å². The molecule has 1 amide bonds. The first-order valence-electron chi connectivity index (χ1n) is 8.59. The molecule has 128 valence electrons. The van der Waals surface area contributed by atoms with Crippen LogP contribution in [0.4, 0.5) is 0 Å². The van der Waals surface area contributed by atoms with Crippen LogP contribution in [0.3, 0.4) is 0 Å². The molecule has 6 nitrogen and oxygen atoms in total. The van der Waals surface area contributed by atoms with Crippen molar-refractivity contribution in [1.29, 1.82) is 0 Å². The van der Waals surface area contributed by atoms with Crippen LogP contribution < -0.4 is 0 Å². The van der Waals surface area contributed by atoms with Crippen LogP contribution in [0, 0.1) is 6.92 Å². The summed E-state index contributed by atoms with van der Waals surface area (Å²) in [7, 11) is 1.73. The Labute approximate surface area is 137 Å². The average molecular weight is 321 g/mol. The van der Waals surface area contributed by atoms with Gasteiger partial charge in [-0.1, -0.05) is 6.92 Å². The molecule has 0 spiro atoms. The quantitative estimate of drug-likeness (QED) is 0.917. The fraction of sp³-hybridized carbons (Fsp3) is 0.765. The lowest BCUT2D eigenvalue weighted by molar-refractivity contribution is -0.0824. The normalized spacial score (nSPS) is 30.5. The maximum Gasteiger partial charge on any atom is 0.257 e. The van der Waals surface area contributed by atoms with Gasteiger partial charge in [0.25, 0.3) is 5.91 Å².